The van der Waals surface area contributed by atoms with Crippen LogP contribution in [-0.2, 0) is 4.79 Å². The summed E-state index contributed by atoms with van der Waals surface area (Å²) in [6.07, 6.45) is 0. The van der Waals surface area contributed by atoms with Gasteiger partial charge in [-0.2, -0.15) is 15.6 Å². The monoisotopic (exact) mass is 490 g/mol. The van der Waals surface area contributed by atoms with E-state index in [-0.39, 0.29) is 17.0 Å². The zero-order chi connectivity index (χ0) is 24.7. The molecule has 0 unspecified atom stereocenters. The van der Waals surface area contributed by atoms with E-state index >= 15 is 0 Å². The van der Waals surface area contributed by atoms with Gasteiger partial charge in [0.2, 0.25) is 5.78 Å². The van der Waals surface area contributed by atoms with Gasteiger partial charge < -0.3 is 5.11 Å². The van der Waals surface area contributed by atoms with Crippen molar-refractivity contribution in [2.24, 2.45) is 5.10 Å². The fraction of sp³-hybridized carbons (Fsp3) is 0.0800. The van der Waals surface area contributed by atoms with Crippen molar-refractivity contribution in [2.45, 2.75) is 11.8 Å². The molecule has 3 rings (SSSR count). The molecule has 0 saturated heterocycles. The van der Waals surface area contributed by atoms with Crippen LogP contribution in [0, 0.1) is 22.7 Å². The number of Topliss-reactive ketones (excluding diaryl/α,β-unsaturated/α-hetero) is 1. The van der Waals surface area contributed by atoms with Gasteiger partial charge >= 0.3 is 0 Å². The van der Waals surface area contributed by atoms with Crippen LogP contribution in [0.3, 0.4) is 0 Å². The number of carbonyl (C=O) groups excluding carboxylic acids is 2. The number of hydrazone groups is 1. The van der Waals surface area contributed by atoms with Crippen molar-refractivity contribution < 1.29 is 14.7 Å². The van der Waals surface area contributed by atoms with Gasteiger partial charge in [0.15, 0.2) is 0 Å². The summed E-state index contributed by atoms with van der Waals surface area (Å²) in [7, 11) is 0. The molecule has 0 fully saturated rings. The highest BCUT2D eigenvalue weighted by molar-refractivity contribution is 6.45. The molecule has 168 valence electrons. The first-order chi connectivity index (χ1) is 16.3. The first-order valence-corrected chi connectivity index (χ1v) is 10.6. The fourth-order valence-corrected chi connectivity index (χ4v) is 3.39. The number of phenols is 1. The van der Waals surface area contributed by atoms with Crippen LogP contribution >= 0.6 is 23.2 Å². The van der Waals surface area contributed by atoms with Crippen molar-refractivity contribution in [3.05, 3.63) is 99.5 Å². The molecule has 0 bridgehead atoms. The maximum Gasteiger partial charge on any atom is 0.275 e. The number of rotatable bonds is 7. The van der Waals surface area contributed by atoms with Crippen LogP contribution in [0.25, 0.3) is 0 Å². The predicted molar refractivity (Wildman–Crippen MR) is 128 cm³/mol. The van der Waals surface area contributed by atoms with E-state index in [1.54, 1.807) is 36.4 Å². The molecule has 1 amide bonds. The van der Waals surface area contributed by atoms with Crippen LogP contribution in [0.4, 0.5) is 0 Å². The van der Waals surface area contributed by atoms with Gasteiger partial charge in [-0.25, -0.2) is 5.43 Å². The lowest BCUT2D eigenvalue weighted by Gasteiger charge is -2.16. The molecule has 34 heavy (non-hydrogen) atoms. The Morgan fingerprint density at radius 1 is 0.824 bits per heavy atom. The van der Waals surface area contributed by atoms with Crippen LogP contribution in [0.1, 0.15) is 33.3 Å². The second kappa shape index (κ2) is 11.1. The van der Waals surface area contributed by atoms with Crippen molar-refractivity contribution in [3.8, 4) is 17.9 Å². The SMILES string of the molecule is N#C[C@H](C(=O)/C(=N/NC(=O)c1ccccc1O)[C@@H](C#N)c1ccc(Cl)cc1)c1ccc(Cl)cc1. The van der Waals surface area contributed by atoms with E-state index in [4.69, 9.17) is 23.2 Å². The number of hydrogen-bond donors (Lipinski definition) is 2. The number of para-hydroxylation sites is 1. The number of nitriles is 2. The number of hydrogen-bond acceptors (Lipinski definition) is 6. The molecule has 0 spiro atoms. The van der Waals surface area contributed by atoms with Crippen LogP contribution in [0.15, 0.2) is 77.9 Å². The van der Waals surface area contributed by atoms with Crippen LogP contribution in [0.5, 0.6) is 5.75 Å². The third-order valence-corrected chi connectivity index (χ3v) is 5.38. The molecule has 2 N–H and O–H groups in total. The highest BCUT2D eigenvalue weighted by Crippen LogP contribution is 2.26. The summed E-state index contributed by atoms with van der Waals surface area (Å²) in [5.74, 6) is -4.37. The number of carbonyl (C=O) groups is 2. The van der Waals surface area contributed by atoms with Crippen molar-refractivity contribution in [3.63, 3.8) is 0 Å². The molecular weight excluding hydrogens is 475 g/mol. The summed E-state index contributed by atoms with van der Waals surface area (Å²) in [5, 5.41) is 34.3. The van der Waals surface area contributed by atoms with Gasteiger partial charge in [-0.05, 0) is 47.5 Å². The molecule has 0 aliphatic rings. The molecule has 0 radical (unpaired) electrons. The summed E-state index contributed by atoms with van der Waals surface area (Å²) < 4.78 is 0. The number of phenolic OH excluding ortho intramolecular Hbond substituents is 1. The van der Waals surface area contributed by atoms with E-state index < -0.39 is 23.5 Å². The molecular formula is C25H16Cl2N4O3. The van der Waals surface area contributed by atoms with Crippen molar-refractivity contribution in [1.82, 2.24) is 5.43 Å². The molecule has 0 saturated carbocycles. The summed E-state index contributed by atoms with van der Waals surface area (Å²) in [6, 6.07) is 22.0. The minimum atomic E-state index is -1.30. The topological polar surface area (TPSA) is 126 Å². The Hall–Kier alpha value is -4.17. The number of aromatic hydroxyl groups is 1. The first-order valence-electron chi connectivity index (χ1n) is 9.86. The maximum absolute atomic E-state index is 13.5. The predicted octanol–water partition coefficient (Wildman–Crippen LogP) is 4.97. The third-order valence-electron chi connectivity index (χ3n) is 4.88. The Balaban J connectivity index is 2.04. The number of nitrogens with one attached hydrogen (secondary N) is 1. The van der Waals surface area contributed by atoms with Crippen LogP contribution in [0.2, 0.25) is 10.0 Å². The standard InChI is InChI=1S/C25H16Cl2N4O3/c26-17-9-5-15(6-10-17)20(13-28)23(30-31-25(34)19-3-1-2-4-22(19)32)24(33)21(14-29)16-7-11-18(27)12-8-16/h1-12,20-21,32H,(H,31,34)/b30-23+/t20-,21-/m0/s1. The molecule has 0 aliphatic heterocycles. The number of amides is 1. The lowest BCUT2D eigenvalue weighted by atomic mass is 9.86. The minimum absolute atomic E-state index is 0.0763. The molecule has 9 heteroatoms. The zero-order valence-electron chi connectivity index (χ0n) is 17.4. The lowest BCUT2D eigenvalue weighted by molar-refractivity contribution is -0.113. The van der Waals surface area contributed by atoms with E-state index in [2.05, 4.69) is 10.5 Å². The summed E-state index contributed by atoms with van der Waals surface area (Å²) >= 11 is 11.8. The summed E-state index contributed by atoms with van der Waals surface area (Å²) in [4.78, 5) is 26.0. The van der Waals surface area contributed by atoms with Gasteiger partial charge in [-0.1, -0.05) is 59.6 Å². The Morgan fingerprint density at radius 2 is 1.32 bits per heavy atom. The van der Waals surface area contributed by atoms with Crippen LogP contribution < -0.4 is 5.43 Å². The van der Waals surface area contributed by atoms with Gasteiger partial charge in [0.05, 0.1) is 17.7 Å². The first kappa shape index (κ1) is 24.5. The van der Waals surface area contributed by atoms with Gasteiger partial charge in [0.25, 0.3) is 5.91 Å². The average Bonchev–Trinajstić information content (AvgIpc) is 2.84. The number of halogens is 2. The molecule has 0 aliphatic carbocycles. The van der Waals surface area contributed by atoms with E-state index in [0.29, 0.717) is 21.2 Å². The molecule has 3 aromatic carbocycles. The van der Waals surface area contributed by atoms with Gasteiger partial charge in [0, 0.05) is 10.0 Å². The number of ketones is 1. The molecule has 2 atom stereocenters. The zero-order valence-corrected chi connectivity index (χ0v) is 19.0. The van der Waals surface area contributed by atoms with Crippen molar-refractivity contribution in [1.29, 1.82) is 10.5 Å². The van der Waals surface area contributed by atoms with Gasteiger partial charge in [-0.3, -0.25) is 9.59 Å². The Morgan fingerprint density at radius 3 is 1.82 bits per heavy atom. The van der Waals surface area contributed by atoms with E-state index in [1.807, 2.05) is 12.1 Å². The number of benzene rings is 3. The molecule has 3 aromatic rings. The Bertz CT molecular complexity index is 1320. The second-order valence-electron chi connectivity index (χ2n) is 7.05. The van der Waals surface area contributed by atoms with E-state index in [0.717, 1.165) is 0 Å². The normalized spacial score (nSPS) is 12.6. The second-order valence-corrected chi connectivity index (χ2v) is 7.92. The molecule has 7 nitrogen and oxygen atoms in total. The maximum atomic E-state index is 13.5. The number of nitrogens with zero attached hydrogens (tertiary/aromatic N) is 3. The van der Waals surface area contributed by atoms with Gasteiger partial charge in [0.1, 0.15) is 23.3 Å². The smallest absolute Gasteiger partial charge is 0.275 e. The largest absolute Gasteiger partial charge is 0.507 e. The van der Waals surface area contributed by atoms with Crippen molar-refractivity contribution in [2.75, 3.05) is 0 Å². The summed E-state index contributed by atoms with van der Waals surface area (Å²) in [6.45, 7) is 0. The fourth-order valence-electron chi connectivity index (χ4n) is 3.14. The average molecular weight is 491 g/mol. The molecule has 0 heterocycles. The Kier molecular flexibility index (Phi) is 8.00. The highest BCUT2D eigenvalue weighted by Gasteiger charge is 2.32. The van der Waals surface area contributed by atoms with E-state index in [9.17, 15) is 25.2 Å². The summed E-state index contributed by atoms with van der Waals surface area (Å²) in [5.41, 5.74) is 2.53. The van der Waals surface area contributed by atoms with E-state index in [1.165, 1.54) is 36.4 Å². The van der Waals surface area contributed by atoms with Crippen molar-refractivity contribution >= 4 is 40.6 Å². The van der Waals surface area contributed by atoms with Crippen LogP contribution in [-0.4, -0.2) is 22.5 Å². The highest BCUT2D eigenvalue weighted by atomic mass is 35.5. The lowest BCUT2D eigenvalue weighted by Crippen LogP contribution is -2.31. The minimum Gasteiger partial charge on any atom is -0.507 e. The van der Waals surface area contributed by atoms with Gasteiger partial charge in [-0.15, -0.1) is 0 Å². The Labute approximate surface area is 205 Å². The quantitative estimate of drug-likeness (QED) is 0.357. The molecule has 0 aromatic heterocycles. The third kappa shape index (κ3) is 5.60.